The van der Waals surface area contributed by atoms with Gasteiger partial charge in [0.1, 0.15) is 11.6 Å². The summed E-state index contributed by atoms with van der Waals surface area (Å²) >= 11 is 11.2. The third kappa shape index (κ3) is 13.3. The summed E-state index contributed by atoms with van der Waals surface area (Å²) in [6, 6.07) is 24.3. The summed E-state index contributed by atoms with van der Waals surface area (Å²) in [4.78, 5) is 24.7. The van der Waals surface area contributed by atoms with E-state index in [1.807, 2.05) is 0 Å². The summed E-state index contributed by atoms with van der Waals surface area (Å²) < 4.78 is 74.7. The van der Waals surface area contributed by atoms with Crippen molar-refractivity contribution in [3.8, 4) is 0 Å². The molecule has 0 aromatic heterocycles. The maximum Gasteiger partial charge on any atom is 0.261 e. The van der Waals surface area contributed by atoms with Crippen LogP contribution >= 0.6 is 33.9 Å². The summed E-state index contributed by atoms with van der Waals surface area (Å²) in [5, 5.41) is 8.53. The number of carbonyl (C=O) groups is 2. The van der Waals surface area contributed by atoms with Crippen LogP contribution in [0.5, 0.6) is 0 Å². The van der Waals surface area contributed by atoms with Crippen LogP contribution in [-0.4, -0.2) is 59.1 Å². The number of piperidine rings is 2. The predicted octanol–water partition coefficient (Wildman–Crippen LogP) is 8.19. The molecule has 292 valence electrons. The second-order valence-corrected chi connectivity index (χ2v) is 17.4. The van der Waals surface area contributed by atoms with Crippen molar-refractivity contribution in [3.63, 3.8) is 0 Å². The molecule has 3 N–H and O–H groups in total. The van der Waals surface area contributed by atoms with Gasteiger partial charge in [-0.15, -0.1) is 0 Å². The van der Waals surface area contributed by atoms with Crippen LogP contribution in [0.4, 0.5) is 20.2 Å². The van der Waals surface area contributed by atoms with Crippen molar-refractivity contribution in [1.29, 1.82) is 0 Å². The molecule has 0 saturated carbocycles. The molecule has 2 atom stereocenters. The zero-order chi connectivity index (χ0) is 38.6. The molecule has 4 aromatic carbocycles. The number of hydrogen-bond acceptors (Lipinski definition) is 7. The molecule has 0 bridgehead atoms. The number of anilines is 2. The summed E-state index contributed by atoms with van der Waals surface area (Å²) in [6.07, 6.45) is 3.02. The van der Waals surface area contributed by atoms with Gasteiger partial charge in [-0.3, -0.25) is 9.59 Å². The minimum absolute atomic E-state index is 0. The summed E-state index contributed by atoms with van der Waals surface area (Å²) in [5.74, 6) is -2.09. The molecule has 17 heteroatoms. The minimum Gasteiger partial charge on any atom is -0.326 e. The van der Waals surface area contributed by atoms with Gasteiger partial charge in [-0.2, -0.15) is 4.31 Å². The number of hydrogen-bond donors (Lipinski definition) is 3. The first-order valence-corrected chi connectivity index (χ1v) is 20.9. The molecule has 54 heavy (non-hydrogen) atoms. The first-order chi connectivity index (χ1) is 25.1. The Morgan fingerprint density at radius 2 is 1.19 bits per heavy atom. The summed E-state index contributed by atoms with van der Waals surface area (Å²) in [6.45, 7) is 2.11. The Labute approximate surface area is 329 Å². The van der Waals surface area contributed by atoms with Gasteiger partial charge in [0.25, 0.3) is 9.05 Å². The molecule has 0 spiro atoms. The number of carbonyl (C=O) groups excluding carboxylic acids is 2. The maximum absolute atomic E-state index is 13.5. The van der Waals surface area contributed by atoms with Crippen LogP contribution in [0.15, 0.2) is 107 Å². The van der Waals surface area contributed by atoms with Gasteiger partial charge in [0.2, 0.25) is 21.8 Å². The smallest absolute Gasteiger partial charge is 0.261 e. The highest BCUT2D eigenvalue weighted by molar-refractivity contribution is 8.13. The van der Waals surface area contributed by atoms with E-state index in [0.29, 0.717) is 37.3 Å². The largest absolute Gasteiger partial charge is 0.326 e. The molecule has 0 aliphatic carbocycles. The average molecular weight is 846 g/mol. The fraction of sp³-hybridized carbons (Fsp3) is 0.297. The van der Waals surface area contributed by atoms with Gasteiger partial charge < -0.3 is 16.0 Å². The van der Waals surface area contributed by atoms with Gasteiger partial charge in [0.05, 0.1) is 31.7 Å². The van der Waals surface area contributed by atoms with Crippen LogP contribution in [0.3, 0.4) is 0 Å². The lowest BCUT2D eigenvalue weighted by Gasteiger charge is -2.31. The lowest BCUT2D eigenvalue weighted by molar-refractivity contribution is -0.121. The van der Waals surface area contributed by atoms with Crippen LogP contribution in [0.25, 0.3) is 0 Å². The van der Waals surface area contributed by atoms with E-state index in [1.165, 1.54) is 52.8 Å². The van der Waals surface area contributed by atoms with Crippen molar-refractivity contribution in [2.75, 3.05) is 36.8 Å². The molecule has 0 radical (unpaired) electrons. The van der Waals surface area contributed by atoms with E-state index in [4.69, 9.17) is 33.9 Å². The minimum atomic E-state index is -3.64. The Morgan fingerprint density at radius 1 is 0.704 bits per heavy atom. The fourth-order valence-corrected chi connectivity index (χ4v) is 7.98. The number of nitrogens with zero attached hydrogens (tertiary/aromatic N) is 1. The molecule has 2 unspecified atom stereocenters. The number of rotatable bonds is 7. The third-order valence-electron chi connectivity index (χ3n) is 8.20. The molecule has 2 saturated heterocycles. The van der Waals surface area contributed by atoms with Crippen molar-refractivity contribution >= 4 is 76.1 Å². The number of benzene rings is 4. The van der Waals surface area contributed by atoms with Gasteiger partial charge in [-0.25, -0.2) is 25.6 Å². The third-order valence-corrected chi connectivity index (χ3v) is 12.1. The molecule has 2 heterocycles. The molecule has 2 aliphatic heterocycles. The second kappa shape index (κ2) is 20.9. The summed E-state index contributed by atoms with van der Waals surface area (Å²) in [7, 11) is -2.14. The van der Waals surface area contributed by atoms with Crippen molar-refractivity contribution in [1.82, 2.24) is 9.62 Å². The normalized spacial score (nSPS) is 17.3. The molecule has 2 fully saturated rings. The molecular formula is C37H41Cl3F2N4O6S2. The number of sulfonamides is 1. The standard InChI is InChI=1S/C18H18ClFN2O3S.C12H14ClFN2O.C6H5ClO2S.CH4/c19-16-9-8-14(11-17(16)20)21-18(23)13-5-4-10-22(12-13)26(24,25)15-6-2-1-3-7-15;13-10-4-3-9(6-11(10)14)16-12(17)8-2-1-5-15-7-8;7-10(8,9)6-4-2-1-3-5-6;/h1-3,6-9,11,13H,4-5,10,12H2,(H,21,23);3-4,6,8,15H,1-2,5,7H2,(H,16,17);1-5H;1H4. The molecule has 2 amide bonds. The molecule has 2 aliphatic rings. The Bertz CT molecular complexity index is 2080. The Hall–Kier alpha value is -3.63. The molecule has 4 aromatic rings. The lowest BCUT2D eigenvalue weighted by atomic mass is 9.99. The van der Waals surface area contributed by atoms with Gasteiger partial charge in [-0.1, -0.05) is 67.0 Å². The second-order valence-electron chi connectivity index (χ2n) is 12.0. The zero-order valence-electron chi connectivity index (χ0n) is 28.2. The molecule has 10 nitrogen and oxygen atoms in total. The van der Waals surface area contributed by atoms with Crippen LogP contribution in [0, 0.1) is 23.5 Å². The van der Waals surface area contributed by atoms with Crippen molar-refractivity contribution < 1.29 is 35.2 Å². The van der Waals surface area contributed by atoms with E-state index in [1.54, 1.807) is 42.5 Å². The van der Waals surface area contributed by atoms with Crippen LogP contribution in [0.1, 0.15) is 33.1 Å². The van der Waals surface area contributed by atoms with Crippen molar-refractivity contribution in [2.45, 2.75) is 42.9 Å². The topological polar surface area (TPSA) is 142 Å². The first-order valence-electron chi connectivity index (χ1n) is 16.4. The Morgan fingerprint density at radius 3 is 1.63 bits per heavy atom. The van der Waals surface area contributed by atoms with Gasteiger partial charge in [0, 0.05) is 41.7 Å². The highest BCUT2D eigenvalue weighted by atomic mass is 35.7. The average Bonchev–Trinajstić information content (AvgIpc) is 3.16. The zero-order valence-corrected chi connectivity index (χ0v) is 32.1. The Kier molecular flexibility index (Phi) is 17.3. The first kappa shape index (κ1) is 44.8. The monoisotopic (exact) mass is 844 g/mol. The van der Waals surface area contributed by atoms with E-state index < -0.39 is 36.6 Å². The van der Waals surface area contributed by atoms with E-state index in [0.717, 1.165) is 25.5 Å². The fourth-order valence-electron chi connectivity index (χ4n) is 5.41. The lowest BCUT2D eigenvalue weighted by Crippen LogP contribution is -2.43. The van der Waals surface area contributed by atoms with Crippen molar-refractivity contribution in [3.05, 3.63) is 119 Å². The predicted molar refractivity (Wildman–Crippen MR) is 210 cm³/mol. The highest BCUT2D eigenvalue weighted by Crippen LogP contribution is 2.26. The highest BCUT2D eigenvalue weighted by Gasteiger charge is 2.33. The quantitative estimate of drug-likeness (QED) is 0.159. The number of nitrogens with one attached hydrogen (secondary N) is 3. The summed E-state index contributed by atoms with van der Waals surface area (Å²) in [5.41, 5.74) is 0.738. The van der Waals surface area contributed by atoms with Crippen LogP contribution < -0.4 is 16.0 Å². The number of halogens is 5. The van der Waals surface area contributed by atoms with Crippen LogP contribution in [0.2, 0.25) is 10.0 Å². The molecule has 6 rings (SSSR count). The Balaban J connectivity index is 0.000000240. The van der Waals surface area contributed by atoms with Crippen molar-refractivity contribution in [2.24, 2.45) is 11.8 Å². The maximum atomic E-state index is 13.5. The van der Waals surface area contributed by atoms with Gasteiger partial charge in [-0.05, 0) is 92.9 Å². The SMILES string of the molecule is C.O=C(Nc1ccc(Cl)c(F)c1)C1CCCN(S(=O)(=O)c2ccccc2)C1.O=C(Nc1ccc(Cl)c(F)c1)C1CCCNC1.O=S(=O)(Cl)c1ccccc1. The van der Waals surface area contributed by atoms with Crippen LogP contribution in [-0.2, 0) is 28.7 Å². The molecular weight excluding hydrogens is 805 g/mol. The van der Waals surface area contributed by atoms with E-state index in [2.05, 4.69) is 16.0 Å². The van der Waals surface area contributed by atoms with E-state index in [9.17, 15) is 35.2 Å². The van der Waals surface area contributed by atoms with E-state index >= 15 is 0 Å². The van der Waals surface area contributed by atoms with Gasteiger partial charge in [0.15, 0.2) is 0 Å². The van der Waals surface area contributed by atoms with E-state index in [-0.39, 0.29) is 51.5 Å². The van der Waals surface area contributed by atoms with Gasteiger partial charge >= 0.3 is 0 Å². The number of amides is 2.